The van der Waals surface area contributed by atoms with E-state index in [9.17, 15) is 4.79 Å². The monoisotopic (exact) mass is 378 g/mol. The minimum Gasteiger partial charge on any atom is -0.348 e. The number of aromatic nitrogens is 2. The maximum atomic E-state index is 12.3. The Bertz CT molecular complexity index is 708. The number of halogens is 2. The lowest BCUT2D eigenvalue weighted by Crippen LogP contribution is -2.34. The maximum Gasteiger partial charge on any atom is 0.271 e. The minimum absolute atomic E-state index is 0.179. The molecule has 0 bridgehead atoms. The van der Waals surface area contributed by atoms with Crippen molar-refractivity contribution in [3.8, 4) is 0 Å². The van der Waals surface area contributed by atoms with Crippen molar-refractivity contribution in [2.45, 2.75) is 44.6 Å². The fourth-order valence-corrected chi connectivity index (χ4v) is 3.43. The van der Waals surface area contributed by atoms with Crippen LogP contribution in [0.15, 0.2) is 30.6 Å². The van der Waals surface area contributed by atoms with Gasteiger partial charge in [0.05, 0.1) is 28.1 Å². The predicted molar refractivity (Wildman–Crippen MR) is 101 cm³/mol. The van der Waals surface area contributed by atoms with Gasteiger partial charge < -0.3 is 10.6 Å². The second kappa shape index (κ2) is 8.50. The zero-order valence-electron chi connectivity index (χ0n) is 13.8. The van der Waals surface area contributed by atoms with Crippen molar-refractivity contribution < 1.29 is 4.79 Å². The van der Waals surface area contributed by atoms with E-state index in [1.54, 1.807) is 18.2 Å². The lowest BCUT2D eigenvalue weighted by Gasteiger charge is -2.15. The molecule has 1 heterocycles. The first-order valence-electron chi connectivity index (χ1n) is 8.47. The molecule has 25 heavy (non-hydrogen) atoms. The van der Waals surface area contributed by atoms with E-state index in [0.717, 1.165) is 25.7 Å². The largest absolute Gasteiger partial charge is 0.348 e. The average Bonchev–Trinajstić information content (AvgIpc) is 2.87. The van der Waals surface area contributed by atoms with Crippen LogP contribution < -0.4 is 10.6 Å². The first kappa shape index (κ1) is 18.0. The van der Waals surface area contributed by atoms with E-state index < -0.39 is 0 Å². The first-order valence-corrected chi connectivity index (χ1v) is 9.23. The summed E-state index contributed by atoms with van der Waals surface area (Å²) in [6, 6.07) is 5.47. The highest BCUT2D eigenvalue weighted by atomic mass is 35.5. The number of benzene rings is 1. The number of rotatable bonds is 4. The smallest absolute Gasteiger partial charge is 0.271 e. The van der Waals surface area contributed by atoms with Gasteiger partial charge in [0.1, 0.15) is 11.5 Å². The van der Waals surface area contributed by atoms with Crippen molar-refractivity contribution >= 4 is 40.6 Å². The summed E-state index contributed by atoms with van der Waals surface area (Å²) in [6.07, 6.45) is 9.85. The molecule has 1 aromatic heterocycles. The number of carbonyl (C=O) groups is 1. The molecular formula is C18H20Cl2N4O. The van der Waals surface area contributed by atoms with Crippen LogP contribution >= 0.6 is 23.2 Å². The Balaban J connectivity index is 1.64. The first-order chi connectivity index (χ1) is 12.1. The van der Waals surface area contributed by atoms with Crippen molar-refractivity contribution in [3.05, 3.63) is 46.3 Å². The Kier molecular flexibility index (Phi) is 6.10. The third kappa shape index (κ3) is 4.83. The molecular weight excluding hydrogens is 359 g/mol. The van der Waals surface area contributed by atoms with Gasteiger partial charge in [0.2, 0.25) is 0 Å². The zero-order valence-corrected chi connectivity index (χ0v) is 15.3. The molecule has 1 fully saturated rings. The van der Waals surface area contributed by atoms with Crippen LogP contribution in [0.1, 0.15) is 49.0 Å². The SMILES string of the molecule is O=C(NC1CCCCCC1)c1cnc(Nc2c(Cl)cccc2Cl)cn1. The van der Waals surface area contributed by atoms with Gasteiger partial charge in [-0.2, -0.15) is 0 Å². The Hall–Kier alpha value is -1.85. The molecule has 1 saturated carbocycles. The fraction of sp³-hybridized carbons (Fsp3) is 0.389. The number of hydrogen-bond acceptors (Lipinski definition) is 4. The maximum absolute atomic E-state index is 12.3. The summed E-state index contributed by atoms with van der Waals surface area (Å²) in [5.41, 5.74) is 0.871. The molecule has 0 spiro atoms. The summed E-state index contributed by atoms with van der Waals surface area (Å²) in [4.78, 5) is 20.8. The van der Waals surface area contributed by atoms with Gasteiger partial charge in [-0.1, -0.05) is 55.0 Å². The topological polar surface area (TPSA) is 66.9 Å². The van der Waals surface area contributed by atoms with Crippen LogP contribution in [-0.2, 0) is 0 Å². The van der Waals surface area contributed by atoms with E-state index >= 15 is 0 Å². The summed E-state index contributed by atoms with van der Waals surface area (Å²) in [5, 5.41) is 7.07. The number of hydrogen-bond donors (Lipinski definition) is 2. The highest BCUT2D eigenvalue weighted by Gasteiger charge is 2.17. The number of nitrogens with zero attached hydrogens (tertiary/aromatic N) is 2. The zero-order chi connectivity index (χ0) is 17.6. The van der Waals surface area contributed by atoms with E-state index in [2.05, 4.69) is 20.6 Å². The van der Waals surface area contributed by atoms with E-state index in [-0.39, 0.29) is 11.9 Å². The van der Waals surface area contributed by atoms with Crippen LogP contribution in [0.5, 0.6) is 0 Å². The lowest BCUT2D eigenvalue weighted by molar-refractivity contribution is 0.0928. The third-order valence-electron chi connectivity index (χ3n) is 4.29. The van der Waals surface area contributed by atoms with Gasteiger partial charge in [0, 0.05) is 6.04 Å². The summed E-state index contributed by atoms with van der Waals surface area (Å²) in [7, 11) is 0. The molecule has 5 nitrogen and oxygen atoms in total. The van der Waals surface area contributed by atoms with Crippen LogP contribution in [0.2, 0.25) is 10.0 Å². The molecule has 1 aliphatic rings. The molecule has 0 radical (unpaired) electrons. The molecule has 3 rings (SSSR count). The average molecular weight is 379 g/mol. The van der Waals surface area contributed by atoms with Crippen LogP contribution in [0.4, 0.5) is 11.5 Å². The third-order valence-corrected chi connectivity index (χ3v) is 4.92. The van der Waals surface area contributed by atoms with Crippen LogP contribution in [-0.4, -0.2) is 21.9 Å². The highest BCUT2D eigenvalue weighted by molar-refractivity contribution is 6.39. The van der Waals surface area contributed by atoms with Crippen LogP contribution in [0.25, 0.3) is 0 Å². The quantitative estimate of drug-likeness (QED) is 0.736. The van der Waals surface area contributed by atoms with E-state index in [0.29, 0.717) is 27.2 Å². The van der Waals surface area contributed by atoms with Gasteiger partial charge in [-0.15, -0.1) is 0 Å². The molecule has 1 aliphatic carbocycles. The fourth-order valence-electron chi connectivity index (χ4n) is 2.94. The number of amides is 1. The Labute approximate surface area is 157 Å². The normalized spacial score (nSPS) is 15.4. The number of carbonyl (C=O) groups excluding carboxylic acids is 1. The molecule has 2 N–H and O–H groups in total. The molecule has 0 atom stereocenters. The van der Waals surface area contributed by atoms with E-state index in [1.807, 2.05) is 0 Å². The van der Waals surface area contributed by atoms with Crippen LogP contribution in [0, 0.1) is 0 Å². The Morgan fingerprint density at radius 3 is 2.28 bits per heavy atom. The Morgan fingerprint density at radius 2 is 1.68 bits per heavy atom. The van der Waals surface area contributed by atoms with E-state index in [1.165, 1.54) is 25.2 Å². The summed E-state index contributed by atoms with van der Waals surface area (Å²) in [5.74, 6) is 0.294. The van der Waals surface area contributed by atoms with E-state index in [4.69, 9.17) is 23.2 Å². The molecule has 132 valence electrons. The molecule has 7 heteroatoms. The summed E-state index contributed by atoms with van der Waals surface area (Å²) in [6.45, 7) is 0. The highest BCUT2D eigenvalue weighted by Crippen LogP contribution is 2.31. The number of nitrogens with one attached hydrogen (secondary N) is 2. The standard InChI is InChI=1S/C18H20Cl2N4O/c19-13-8-5-9-14(20)17(13)24-16-11-21-15(10-22-16)18(25)23-12-6-3-1-2-4-7-12/h5,8-12H,1-4,6-7H2,(H,22,24)(H,23,25). The predicted octanol–water partition coefficient (Wildman–Crippen LogP) is 4.98. The minimum atomic E-state index is -0.179. The van der Waals surface area contributed by atoms with Crippen molar-refractivity contribution in [1.29, 1.82) is 0 Å². The van der Waals surface area contributed by atoms with Gasteiger partial charge in [-0.05, 0) is 25.0 Å². The van der Waals surface area contributed by atoms with Gasteiger partial charge in [0.25, 0.3) is 5.91 Å². The molecule has 0 saturated heterocycles. The van der Waals surface area contributed by atoms with Crippen molar-refractivity contribution in [2.24, 2.45) is 0 Å². The lowest BCUT2D eigenvalue weighted by atomic mass is 10.1. The summed E-state index contributed by atoms with van der Waals surface area (Å²) < 4.78 is 0. The second-order valence-corrected chi connectivity index (χ2v) is 6.98. The Morgan fingerprint density at radius 1 is 1.00 bits per heavy atom. The molecule has 1 aromatic carbocycles. The number of para-hydroxylation sites is 1. The molecule has 0 aliphatic heterocycles. The van der Waals surface area contributed by atoms with Gasteiger partial charge >= 0.3 is 0 Å². The van der Waals surface area contributed by atoms with Crippen molar-refractivity contribution in [3.63, 3.8) is 0 Å². The van der Waals surface area contributed by atoms with Gasteiger partial charge in [-0.3, -0.25) is 4.79 Å². The number of anilines is 2. The van der Waals surface area contributed by atoms with Crippen molar-refractivity contribution in [1.82, 2.24) is 15.3 Å². The summed E-state index contributed by atoms with van der Waals surface area (Å²) >= 11 is 12.2. The molecule has 0 unspecified atom stereocenters. The van der Waals surface area contributed by atoms with Crippen LogP contribution in [0.3, 0.4) is 0 Å². The van der Waals surface area contributed by atoms with Crippen molar-refractivity contribution in [2.75, 3.05) is 5.32 Å². The second-order valence-electron chi connectivity index (χ2n) is 6.17. The molecule has 2 aromatic rings. The van der Waals surface area contributed by atoms with Gasteiger partial charge in [-0.25, -0.2) is 9.97 Å². The van der Waals surface area contributed by atoms with Gasteiger partial charge in [0.15, 0.2) is 0 Å². The molecule has 1 amide bonds.